The average molecular weight is 486 g/mol. The smallest absolute Gasteiger partial charge is 0.215 e. The number of nitriles is 5. The first-order chi connectivity index (χ1) is 18.6. The summed E-state index contributed by atoms with van der Waals surface area (Å²) in [5.74, 6) is 0. The van der Waals surface area contributed by atoms with Crippen LogP contribution < -0.4 is 0 Å². The van der Waals surface area contributed by atoms with Crippen LogP contribution in [0.15, 0.2) is 60.8 Å². The van der Waals surface area contributed by atoms with Crippen LogP contribution in [0, 0.1) is 63.2 Å². The molecule has 0 aliphatic carbocycles. The maximum atomic E-state index is 9.96. The van der Waals surface area contributed by atoms with Crippen LogP contribution in [0.2, 0.25) is 0 Å². The van der Waals surface area contributed by atoms with E-state index in [9.17, 15) is 26.3 Å². The summed E-state index contributed by atoms with van der Waals surface area (Å²) in [4.78, 5) is 12.6. The Balaban J connectivity index is 1.94. The van der Waals surface area contributed by atoms with Gasteiger partial charge in [-0.25, -0.2) is 4.85 Å². The second kappa shape index (κ2) is 11.0. The van der Waals surface area contributed by atoms with Gasteiger partial charge in [0.05, 0.1) is 52.2 Å². The molecule has 2 aromatic heterocycles. The number of aromatic nitrogens is 2. The number of pyridine rings is 2. The van der Waals surface area contributed by atoms with Crippen LogP contribution in [-0.4, -0.2) is 9.97 Å². The standard InChI is InChI=1S/C30H14N8/c1-36-30-24(29-7-4-6-21(38-29)10-9-20-5-2-3-12-37-20)13-23(27(17-34)28(30)18-35)22-11-8-19(14-31)25(15-32)26(22)16-33/h2-8,11-13H,9-10H2. The molecule has 0 saturated carbocycles. The fraction of sp³-hybridized carbons (Fsp3) is 0.0667. The highest BCUT2D eigenvalue weighted by Crippen LogP contribution is 2.41. The van der Waals surface area contributed by atoms with E-state index in [1.54, 1.807) is 24.4 Å². The summed E-state index contributed by atoms with van der Waals surface area (Å²) in [6.45, 7) is 7.76. The Morgan fingerprint density at radius 2 is 1.34 bits per heavy atom. The third-order valence-electron chi connectivity index (χ3n) is 5.92. The Labute approximate surface area is 219 Å². The van der Waals surface area contributed by atoms with Gasteiger partial charge in [-0.1, -0.05) is 24.3 Å². The SMILES string of the molecule is [C-]#[N+]c1c(-c2cccc(CCc3ccccn3)n2)cc(-c2ccc(C#N)c(C#N)c2C#N)c(C#N)c1C#N. The summed E-state index contributed by atoms with van der Waals surface area (Å²) in [5.41, 5.74) is 2.32. The fourth-order valence-electron chi connectivity index (χ4n) is 4.14. The van der Waals surface area contributed by atoms with Crippen molar-refractivity contribution in [3.8, 4) is 52.7 Å². The minimum Gasteiger partial charge on any atom is -0.261 e. The predicted octanol–water partition coefficient (Wildman–Crippen LogP) is 5.50. The quantitative estimate of drug-likeness (QED) is 0.338. The van der Waals surface area contributed by atoms with Crippen molar-refractivity contribution in [2.24, 2.45) is 0 Å². The lowest BCUT2D eigenvalue weighted by atomic mass is 9.87. The van der Waals surface area contributed by atoms with Crippen molar-refractivity contribution < 1.29 is 0 Å². The number of rotatable bonds is 5. The van der Waals surface area contributed by atoms with Crippen LogP contribution in [0.3, 0.4) is 0 Å². The fourth-order valence-corrected chi connectivity index (χ4v) is 4.14. The number of benzene rings is 2. The molecule has 0 bridgehead atoms. The van der Waals surface area contributed by atoms with E-state index in [-0.39, 0.29) is 44.6 Å². The van der Waals surface area contributed by atoms with Crippen LogP contribution in [0.5, 0.6) is 0 Å². The Bertz CT molecular complexity index is 1830. The molecule has 174 valence electrons. The highest BCUT2D eigenvalue weighted by Gasteiger charge is 2.24. The zero-order valence-electron chi connectivity index (χ0n) is 19.8. The minimum absolute atomic E-state index is 0.0205. The van der Waals surface area contributed by atoms with E-state index in [0.717, 1.165) is 11.4 Å². The molecule has 0 fully saturated rings. The molecule has 4 rings (SSSR count). The molecular formula is C30H14N8. The van der Waals surface area contributed by atoms with Gasteiger partial charge < -0.3 is 0 Å². The highest BCUT2D eigenvalue weighted by atomic mass is 14.7. The maximum absolute atomic E-state index is 9.96. The molecule has 38 heavy (non-hydrogen) atoms. The lowest BCUT2D eigenvalue weighted by molar-refractivity contribution is 0.881. The predicted molar refractivity (Wildman–Crippen MR) is 137 cm³/mol. The summed E-state index contributed by atoms with van der Waals surface area (Å²) in [6.07, 6.45) is 2.97. The summed E-state index contributed by atoms with van der Waals surface area (Å²) in [5, 5.41) is 48.7. The highest BCUT2D eigenvalue weighted by molar-refractivity contribution is 5.92. The topological polar surface area (TPSA) is 149 Å². The summed E-state index contributed by atoms with van der Waals surface area (Å²) >= 11 is 0. The summed E-state index contributed by atoms with van der Waals surface area (Å²) < 4.78 is 0. The molecule has 4 aromatic rings. The molecular weight excluding hydrogens is 472 g/mol. The van der Waals surface area contributed by atoms with Crippen molar-refractivity contribution in [1.82, 2.24) is 9.97 Å². The molecule has 0 saturated heterocycles. The Morgan fingerprint density at radius 1 is 0.658 bits per heavy atom. The zero-order valence-corrected chi connectivity index (χ0v) is 19.8. The third-order valence-corrected chi connectivity index (χ3v) is 5.92. The number of hydrogen-bond donors (Lipinski definition) is 0. The van der Waals surface area contributed by atoms with Crippen molar-refractivity contribution in [2.45, 2.75) is 12.8 Å². The van der Waals surface area contributed by atoms with Crippen molar-refractivity contribution >= 4 is 5.69 Å². The molecule has 0 atom stereocenters. The second-order valence-corrected chi connectivity index (χ2v) is 7.99. The molecule has 0 amide bonds. The maximum Gasteiger partial charge on any atom is 0.215 e. The molecule has 8 heteroatoms. The van der Waals surface area contributed by atoms with E-state index in [1.165, 1.54) is 12.1 Å². The van der Waals surface area contributed by atoms with E-state index < -0.39 is 0 Å². The van der Waals surface area contributed by atoms with Gasteiger partial charge >= 0.3 is 0 Å². The molecule has 0 radical (unpaired) electrons. The summed E-state index contributed by atoms with van der Waals surface area (Å²) in [7, 11) is 0. The van der Waals surface area contributed by atoms with E-state index in [1.807, 2.05) is 54.6 Å². The Morgan fingerprint density at radius 3 is 1.97 bits per heavy atom. The normalized spacial score (nSPS) is 9.63. The average Bonchev–Trinajstić information content (AvgIpc) is 2.98. The van der Waals surface area contributed by atoms with Crippen LogP contribution >= 0.6 is 0 Å². The van der Waals surface area contributed by atoms with Crippen LogP contribution in [0.25, 0.3) is 27.2 Å². The third kappa shape index (κ3) is 4.50. The van der Waals surface area contributed by atoms with Gasteiger partial charge in [0, 0.05) is 34.3 Å². The van der Waals surface area contributed by atoms with Crippen molar-refractivity contribution in [3.63, 3.8) is 0 Å². The van der Waals surface area contributed by atoms with Gasteiger partial charge in [0.25, 0.3) is 0 Å². The van der Waals surface area contributed by atoms with Gasteiger partial charge in [0.2, 0.25) is 5.69 Å². The van der Waals surface area contributed by atoms with E-state index >= 15 is 0 Å². The first kappa shape index (κ1) is 24.8. The molecule has 2 aromatic carbocycles. The van der Waals surface area contributed by atoms with Gasteiger partial charge in [0.1, 0.15) is 18.2 Å². The first-order valence-electron chi connectivity index (χ1n) is 11.2. The van der Waals surface area contributed by atoms with Crippen LogP contribution in [-0.2, 0) is 12.8 Å². The van der Waals surface area contributed by atoms with Gasteiger partial charge in [-0.05, 0) is 43.2 Å². The zero-order chi connectivity index (χ0) is 27.1. The number of hydrogen-bond acceptors (Lipinski definition) is 7. The van der Waals surface area contributed by atoms with Crippen LogP contribution in [0.1, 0.15) is 39.2 Å². The van der Waals surface area contributed by atoms with E-state index in [0.29, 0.717) is 24.1 Å². The van der Waals surface area contributed by atoms with E-state index in [2.05, 4.69) is 9.83 Å². The number of aryl methyl sites for hydroxylation is 2. The number of nitrogens with zero attached hydrogens (tertiary/aromatic N) is 8. The molecule has 0 unspecified atom stereocenters. The Hall–Kier alpha value is -6.32. The van der Waals surface area contributed by atoms with E-state index in [4.69, 9.17) is 11.6 Å². The molecule has 2 heterocycles. The van der Waals surface area contributed by atoms with Gasteiger partial charge in [-0.3, -0.25) is 9.97 Å². The lowest BCUT2D eigenvalue weighted by Gasteiger charge is -2.15. The molecule has 0 N–H and O–H groups in total. The largest absolute Gasteiger partial charge is 0.261 e. The minimum atomic E-state index is -0.151. The molecule has 0 aliphatic rings. The van der Waals surface area contributed by atoms with Gasteiger partial charge in [-0.15, -0.1) is 0 Å². The first-order valence-corrected chi connectivity index (χ1v) is 11.2. The Kier molecular flexibility index (Phi) is 7.14. The van der Waals surface area contributed by atoms with Crippen molar-refractivity contribution in [2.75, 3.05) is 0 Å². The monoisotopic (exact) mass is 486 g/mol. The van der Waals surface area contributed by atoms with Crippen LogP contribution in [0.4, 0.5) is 5.69 Å². The summed E-state index contributed by atoms with van der Waals surface area (Å²) in [6, 6.07) is 25.1. The van der Waals surface area contributed by atoms with Crippen molar-refractivity contribution in [1.29, 1.82) is 26.3 Å². The second-order valence-electron chi connectivity index (χ2n) is 7.99. The molecule has 0 aliphatic heterocycles. The van der Waals surface area contributed by atoms with Crippen molar-refractivity contribution in [3.05, 3.63) is 111 Å². The molecule has 0 spiro atoms. The molecule has 8 nitrogen and oxygen atoms in total. The lowest BCUT2D eigenvalue weighted by Crippen LogP contribution is -2.00. The van der Waals surface area contributed by atoms with Gasteiger partial charge in [-0.2, -0.15) is 26.3 Å². The van der Waals surface area contributed by atoms with Gasteiger partial charge in [0.15, 0.2) is 0 Å².